The van der Waals surface area contributed by atoms with Crippen molar-refractivity contribution in [2.45, 2.75) is 20.4 Å². The van der Waals surface area contributed by atoms with Gasteiger partial charge in [0.15, 0.2) is 0 Å². The van der Waals surface area contributed by atoms with Crippen molar-refractivity contribution in [3.63, 3.8) is 0 Å². The maximum absolute atomic E-state index is 11.8. The molecule has 0 spiro atoms. The third kappa shape index (κ3) is 4.59. The first kappa shape index (κ1) is 16.7. The van der Waals surface area contributed by atoms with Crippen LogP contribution in [0.3, 0.4) is 0 Å². The topological polar surface area (TPSA) is 95.5 Å². The van der Waals surface area contributed by atoms with E-state index in [2.05, 4.69) is 10.6 Å². The molecule has 0 bridgehead atoms. The molecule has 3 N–H and O–H groups in total. The van der Waals surface area contributed by atoms with Crippen molar-refractivity contribution >= 4 is 17.8 Å². The predicted octanol–water partition coefficient (Wildman–Crippen LogP) is 1.02. The summed E-state index contributed by atoms with van der Waals surface area (Å²) in [7, 11) is 1.56. The highest BCUT2D eigenvalue weighted by Crippen LogP contribution is 2.11. The SMILES string of the molecule is CNC(=O)c1ccc(CNC(=O)C(C)C(C)C(=O)O)cc1. The van der Waals surface area contributed by atoms with Crippen molar-refractivity contribution < 1.29 is 19.5 Å². The summed E-state index contributed by atoms with van der Waals surface area (Å²) in [6.45, 7) is 3.39. The smallest absolute Gasteiger partial charge is 0.307 e. The Morgan fingerprint density at radius 1 is 1.10 bits per heavy atom. The van der Waals surface area contributed by atoms with Crippen molar-refractivity contribution in [3.05, 3.63) is 35.4 Å². The van der Waals surface area contributed by atoms with Crippen LogP contribution >= 0.6 is 0 Å². The molecule has 6 heteroatoms. The van der Waals surface area contributed by atoms with Gasteiger partial charge in [0.2, 0.25) is 5.91 Å². The zero-order chi connectivity index (χ0) is 16.0. The van der Waals surface area contributed by atoms with Crippen molar-refractivity contribution in [1.82, 2.24) is 10.6 Å². The highest BCUT2D eigenvalue weighted by molar-refractivity contribution is 5.94. The molecule has 0 radical (unpaired) electrons. The molecule has 0 aliphatic heterocycles. The van der Waals surface area contributed by atoms with Crippen LogP contribution in [0.1, 0.15) is 29.8 Å². The van der Waals surface area contributed by atoms with Gasteiger partial charge in [-0.2, -0.15) is 0 Å². The second-order valence-electron chi connectivity index (χ2n) is 4.91. The molecule has 2 amide bonds. The molecule has 2 atom stereocenters. The van der Waals surface area contributed by atoms with Crippen molar-refractivity contribution in [2.75, 3.05) is 7.05 Å². The molecule has 0 saturated heterocycles. The van der Waals surface area contributed by atoms with Gasteiger partial charge in [0.05, 0.1) is 5.92 Å². The zero-order valence-corrected chi connectivity index (χ0v) is 12.3. The molecule has 2 unspecified atom stereocenters. The molecule has 0 heterocycles. The number of amides is 2. The Morgan fingerprint density at radius 3 is 2.14 bits per heavy atom. The first-order valence-electron chi connectivity index (χ1n) is 6.68. The number of nitrogens with one attached hydrogen (secondary N) is 2. The number of aliphatic carboxylic acids is 1. The first-order valence-corrected chi connectivity index (χ1v) is 6.68. The fourth-order valence-corrected chi connectivity index (χ4v) is 1.71. The number of carbonyl (C=O) groups is 3. The van der Waals surface area contributed by atoms with Crippen LogP contribution in [0.4, 0.5) is 0 Å². The molecular formula is C15H20N2O4. The molecule has 1 aromatic rings. The van der Waals surface area contributed by atoms with Gasteiger partial charge in [-0.3, -0.25) is 14.4 Å². The summed E-state index contributed by atoms with van der Waals surface area (Å²) in [4.78, 5) is 34.1. The molecule has 0 saturated carbocycles. The molecule has 0 fully saturated rings. The minimum absolute atomic E-state index is 0.172. The van der Waals surface area contributed by atoms with Gasteiger partial charge < -0.3 is 15.7 Å². The molecule has 21 heavy (non-hydrogen) atoms. The van der Waals surface area contributed by atoms with Crippen LogP contribution in [0.5, 0.6) is 0 Å². The number of carboxylic acid groups (broad SMARTS) is 1. The summed E-state index contributed by atoms with van der Waals surface area (Å²) in [5.41, 5.74) is 1.38. The van der Waals surface area contributed by atoms with E-state index in [1.54, 1.807) is 38.2 Å². The largest absolute Gasteiger partial charge is 0.481 e. The molecular weight excluding hydrogens is 272 g/mol. The average Bonchev–Trinajstić information content (AvgIpc) is 2.50. The number of carboxylic acids is 1. The fraction of sp³-hybridized carbons (Fsp3) is 0.400. The van der Waals surface area contributed by atoms with Crippen molar-refractivity contribution in [2.24, 2.45) is 11.8 Å². The summed E-state index contributed by atoms with van der Waals surface area (Å²) in [6, 6.07) is 6.83. The second kappa shape index (κ2) is 7.42. The Morgan fingerprint density at radius 2 is 1.67 bits per heavy atom. The predicted molar refractivity (Wildman–Crippen MR) is 77.6 cm³/mol. The summed E-state index contributed by atoms with van der Waals surface area (Å²) >= 11 is 0. The van der Waals surface area contributed by atoms with Crippen LogP contribution in [0, 0.1) is 11.8 Å². The fourth-order valence-electron chi connectivity index (χ4n) is 1.71. The molecule has 0 aromatic heterocycles. The first-order chi connectivity index (χ1) is 9.86. The lowest BCUT2D eigenvalue weighted by atomic mass is 9.95. The minimum atomic E-state index is -0.993. The molecule has 0 aliphatic rings. The summed E-state index contributed by atoms with van der Waals surface area (Å²) in [6.07, 6.45) is 0. The van der Waals surface area contributed by atoms with Crippen molar-refractivity contribution in [3.8, 4) is 0 Å². The second-order valence-corrected chi connectivity index (χ2v) is 4.91. The lowest BCUT2D eigenvalue weighted by Gasteiger charge is -2.15. The van der Waals surface area contributed by atoms with E-state index in [0.29, 0.717) is 12.1 Å². The Kier molecular flexibility index (Phi) is 5.90. The van der Waals surface area contributed by atoms with Crippen LogP contribution in [0.25, 0.3) is 0 Å². The van der Waals surface area contributed by atoms with E-state index in [1.807, 2.05) is 0 Å². The van der Waals surface area contributed by atoms with Crippen LogP contribution in [0.15, 0.2) is 24.3 Å². The quantitative estimate of drug-likeness (QED) is 0.729. The standard InChI is InChI=1S/C15H20N2O4/c1-9(10(2)15(20)21)13(18)17-8-11-4-6-12(7-5-11)14(19)16-3/h4-7,9-10H,8H2,1-3H3,(H,16,19)(H,17,18)(H,20,21). The molecule has 6 nitrogen and oxygen atoms in total. The number of hydrogen-bond acceptors (Lipinski definition) is 3. The molecule has 1 aromatic carbocycles. The molecule has 0 aliphatic carbocycles. The monoisotopic (exact) mass is 292 g/mol. The van der Waals surface area contributed by atoms with Gasteiger partial charge >= 0.3 is 5.97 Å². The van der Waals surface area contributed by atoms with Gasteiger partial charge in [-0.1, -0.05) is 26.0 Å². The van der Waals surface area contributed by atoms with Crippen LogP contribution in [-0.4, -0.2) is 29.9 Å². The number of hydrogen-bond donors (Lipinski definition) is 3. The van der Waals surface area contributed by atoms with Crippen molar-refractivity contribution in [1.29, 1.82) is 0 Å². The summed E-state index contributed by atoms with van der Waals surface area (Å²) in [5.74, 6) is -2.81. The normalized spacial score (nSPS) is 13.1. The van der Waals surface area contributed by atoms with E-state index in [4.69, 9.17) is 5.11 Å². The Balaban J connectivity index is 2.57. The van der Waals surface area contributed by atoms with Gasteiger partial charge in [0, 0.05) is 25.1 Å². The van der Waals surface area contributed by atoms with E-state index < -0.39 is 17.8 Å². The highest BCUT2D eigenvalue weighted by atomic mass is 16.4. The van der Waals surface area contributed by atoms with Gasteiger partial charge in [-0.05, 0) is 17.7 Å². The number of carbonyl (C=O) groups excluding carboxylic acids is 2. The maximum Gasteiger partial charge on any atom is 0.307 e. The minimum Gasteiger partial charge on any atom is -0.481 e. The lowest BCUT2D eigenvalue weighted by molar-refractivity contribution is -0.146. The average molecular weight is 292 g/mol. The van der Waals surface area contributed by atoms with E-state index in [0.717, 1.165) is 5.56 Å². The van der Waals surface area contributed by atoms with E-state index in [1.165, 1.54) is 6.92 Å². The van der Waals surface area contributed by atoms with Gasteiger partial charge in [0.25, 0.3) is 5.91 Å². The Bertz CT molecular complexity index is 525. The highest BCUT2D eigenvalue weighted by Gasteiger charge is 2.25. The van der Waals surface area contributed by atoms with E-state index in [-0.39, 0.29) is 11.8 Å². The van der Waals surface area contributed by atoms with Crippen LogP contribution < -0.4 is 10.6 Å². The van der Waals surface area contributed by atoms with Crippen LogP contribution in [-0.2, 0) is 16.1 Å². The van der Waals surface area contributed by atoms with Gasteiger partial charge in [-0.15, -0.1) is 0 Å². The Hall–Kier alpha value is -2.37. The number of benzene rings is 1. The Labute approximate surface area is 123 Å². The maximum atomic E-state index is 11.8. The van der Waals surface area contributed by atoms with Gasteiger partial charge in [-0.25, -0.2) is 0 Å². The third-order valence-corrected chi connectivity index (χ3v) is 3.46. The number of rotatable bonds is 6. The van der Waals surface area contributed by atoms with Crippen LogP contribution in [0.2, 0.25) is 0 Å². The van der Waals surface area contributed by atoms with Gasteiger partial charge in [0.1, 0.15) is 0 Å². The lowest BCUT2D eigenvalue weighted by Crippen LogP contribution is -2.34. The molecule has 1 rings (SSSR count). The van der Waals surface area contributed by atoms with E-state index in [9.17, 15) is 14.4 Å². The van der Waals surface area contributed by atoms with E-state index >= 15 is 0 Å². The third-order valence-electron chi connectivity index (χ3n) is 3.46. The molecule has 114 valence electrons. The summed E-state index contributed by atoms with van der Waals surface area (Å²) in [5, 5.41) is 14.1. The summed E-state index contributed by atoms with van der Waals surface area (Å²) < 4.78 is 0. The zero-order valence-electron chi connectivity index (χ0n) is 12.3.